The summed E-state index contributed by atoms with van der Waals surface area (Å²) in [5, 5.41) is 1.95. The summed E-state index contributed by atoms with van der Waals surface area (Å²) in [6, 6.07) is -2.00. The fourth-order valence-electron chi connectivity index (χ4n) is 4.28. The first-order valence-corrected chi connectivity index (χ1v) is 11.3. The lowest BCUT2D eigenvalue weighted by atomic mass is 9.87. The van der Waals surface area contributed by atoms with Crippen LogP contribution >= 0.6 is 12.4 Å². The van der Waals surface area contributed by atoms with E-state index in [0.717, 1.165) is 19.3 Å². The van der Waals surface area contributed by atoms with Crippen LogP contribution in [0.15, 0.2) is 11.6 Å². The molecule has 0 heterocycles. The Kier molecular flexibility index (Phi) is 12.0. The Labute approximate surface area is 194 Å². The van der Waals surface area contributed by atoms with Gasteiger partial charge < -0.3 is 20.5 Å². The zero-order valence-electron chi connectivity index (χ0n) is 18.8. The number of hydrogen-bond donors (Lipinski definition) is 2. The van der Waals surface area contributed by atoms with E-state index >= 15 is 0 Å². The van der Waals surface area contributed by atoms with Gasteiger partial charge in [0.1, 0.15) is 0 Å². The van der Waals surface area contributed by atoms with E-state index in [1.54, 1.807) is 0 Å². The zero-order chi connectivity index (χ0) is 23.0. The summed E-state index contributed by atoms with van der Waals surface area (Å²) >= 11 is 0. The third kappa shape index (κ3) is 8.56. The number of esters is 1. The highest BCUT2D eigenvalue weighted by atomic mass is 35.5. The average molecular weight is 485 g/mol. The lowest BCUT2D eigenvalue weighted by Gasteiger charge is -2.37. The SMILES string of the molecule is CCC(CC)O[C@@H]1C=C(C(=O)OCCC2CCCCC2)C[C@H](N)[C@H]1NC(=O)C(F)(F)F.Cl. The average Bonchev–Trinajstić information content (AvgIpc) is 2.73. The molecule has 1 fully saturated rings. The number of nitrogens with two attached hydrogens (primary N) is 1. The molecule has 0 radical (unpaired) electrons. The molecule has 0 aliphatic heterocycles. The first-order valence-electron chi connectivity index (χ1n) is 11.3. The quantitative estimate of drug-likeness (QED) is 0.479. The van der Waals surface area contributed by atoms with Gasteiger partial charge in [-0.1, -0.05) is 46.0 Å². The predicted octanol–water partition coefficient (Wildman–Crippen LogP) is 4.20. The maximum absolute atomic E-state index is 12.8. The Balaban J connectivity index is 0.00000512. The van der Waals surface area contributed by atoms with E-state index < -0.39 is 36.2 Å². The molecule has 0 aromatic heterocycles. The maximum Gasteiger partial charge on any atom is 0.471 e. The molecule has 0 spiro atoms. The molecule has 2 aliphatic rings. The molecule has 3 N–H and O–H groups in total. The molecule has 2 rings (SSSR count). The van der Waals surface area contributed by atoms with Crippen LogP contribution in [0.4, 0.5) is 13.2 Å². The number of ether oxygens (including phenoxy) is 2. The molecule has 0 bridgehead atoms. The van der Waals surface area contributed by atoms with Gasteiger partial charge in [0.2, 0.25) is 0 Å². The van der Waals surface area contributed by atoms with Gasteiger partial charge in [0.05, 0.1) is 24.9 Å². The molecule has 3 atom stereocenters. The molecule has 0 aromatic carbocycles. The summed E-state index contributed by atoms with van der Waals surface area (Å²) in [4.78, 5) is 24.1. The smallest absolute Gasteiger partial charge is 0.462 e. The molecule has 0 saturated heterocycles. The summed E-state index contributed by atoms with van der Waals surface area (Å²) in [5.41, 5.74) is 6.36. The Morgan fingerprint density at radius 3 is 2.38 bits per heavy atom. The van der Waals surface area contributed by atoms with Gasteiger partial charge >= 0.3 is 18.1 Å². The maximum atomic E-state index is 12.8. The third-order valence-electron chi connectivity index (χ3n) is 6.20. The monoisotopic (exact) mass is 484 g/mol. The molecule has 6 nitrogen and oxygen atoms in total. The van der Waals surface area contributed by atoms with Crippen molar-refractivity contribution in [3.63, 3.8) is 0 Å². The van der Waals surface area contributed by atoms with E-state index in [1.165, 1.54) is 25.3 Å². The minimum absolute atomic E-state index is 0. The van der Waals surface area contributed by atoms with Crippen molar-refractivity contribution in [1.29, 1.82) is 0 Å². The van der Waals surface area contributed by atoms with Crippen LogP contribution in [-0.2, 0) is 19.1 Å². The molecule has 2 aliphatic carbocycles. The second-order valence-electron chi connectivity index (χ2n) is 8.52. The van der Waals surface area contributed by atoms with Crippen LogP contribution in [0, 0.1) is 5.92 Å². The van der Waals surface area contributed by atoms with Crippen molar-refractivity contribution in [2.75, 3.05) is 6.61 Å². The van der Waals surface area contributed by atoms with Gasteiger partial charge in [0.25, 0.3) is 0 Å². The number of carbonyl (C=O) groups is 2. The molecule has 10 heteroatoms. The van der Waals surface area contributed by atoms with Gasteiger partial charge in [0, 0.05) is 11.6 Å². The van der Waals surface area contributed by atoms with Gasteiger partial charge in [0.15, 0.2) is 0 Å². The summed E-state index contributed by atoms with van der Waals surface area (Å²) in [6.07, 6.45) is 3.32. The second-order valence-corrected chi connectivity index (χ2v) is 8.52. The van der Waals surface area contributed by atoms with Crippen molar-refractivity contribution in [1.82, 2.24) is 5.32 Å². The lowest BCUT2D eigenvalue weighted by Crippen LogP contribution is -2.59. The number of carbonyl (C=O) groups excluding carboxylic acids is 2. The number of hydrogen-bond acceptors (Lipinski definition) is 5. The Morgan fingerprint density at radius 2 is 1.81 bits per heavy atom. The second kappa shape index (κ2) is 13.4. The normalized spacial score (nSPS) is 24.5. The highest BCUT2D eigenvalue weighted by Crippen LogP contribution is 2.28. The van der Waals surface area contributed by atoms with E-state index in [-0.39, 0.29) is 30.5 Å². The summed E-state index contributed by atoms with van der Waals surface area (Å²) in [7, 11) is 0. The van der Waals surface area contributed by atoms with Crippen molar-refractivity contribution in [2.45, 2.75) is 102 Å². The van der Waals surface area contributed by atoms with Crippen LogP contribution in [0.2, 0.25) is 0 Å². The van der Waals surface area contributed by atoms with Crippen LogP contribution in [0.5, 0.6) is 0 Å². The van der Waals surface area contributed by atoms with Crippen LogP contribution in [0.3, 0.4) is 0 Å². The molecular weight excluding hydrogens is 449 g/mol. The van der Waals surface area contributed by atoms with Crippen molar-refractivity contribution < 1.29 is 32.2 Å². The number of rotatable bonds is 9. The Bertz CT molecular complexity index is 635. The fraction of sp³-hybridized carbons (Fsp3) is 0.818. The zero-order valence-corrected chi connectivity index (χ0v) is 19.6. The van der Waals surface area contributed by atoms with E-state index in [2.05, 4.69) is 0 Å². The van der Waals surface area contributed by atoms with Crippen molar-refractivity contribution in [3.8, 4) is 0 Å². The van der Waals surface area contributed by atoms with Crippen molar-refractivity contribution in [2.24, 2.45) is 11.7 Å². The minimum atomic E-state index is -5.03. The van der Waals surface area contributed by atoms with Crippen LogP contribution in [0.1, 0.15) is 71.6 Å². The molecule has 0 unspecified atom stereocenters. The lowest BCUT2D eigenvalue weighted by molar-refractivity contribution is -0.175. The van der Waals surface area contributed by atoms with Crippen LogP contribution < -0.4 is 11.1 Å². The summed E-state index contributed by atoms with van der Waals surface area (Å²) in [6.45, 7) is 4.09. The number of alkyl halides is 3. The fourth-order valence-corrected chi connectivity index (χ4v) is 4.28. The Morgan fingerprint density at radius 1 is 1.19 bits per heavy atom. The molecule has 1 saturated carbocycles. The van der Waals surface area contributed by atoms with E-state index in [0.29, 0.717) is 25.4 Å². The standard InChI is InChI=1S/C22H35F3N2O4.ClH/c1-3-16(4-2)31-18-13-15(12-17(26)19(18)27-21(29)22(23,24)25)20(28)30-11-10-14-8-6-5-7-9-14;/h13-14,16-19H,3-12,26H2,1-2H3,(H,27,29);1H/t17-,18+,19+;/m0./s1. The van der Waals surface area contributed by atoms with Gasteiger partial charge in [-0.05, 0) is 37.7 Å². The summed E-state index contributed by atoms with van der Waals surface area (Å²) in [5.74, 6) is -2.03. The van der Waals surface area contributed by atoms with Gasteiger partial charge in [-0.3, -0.25) is 4.79 Å². The molecule has 1 amide bonds. The highest BCUT2D eigenvalue weighted by molar-refractivity contribution is 5.89. The topological polar surface area (TPSA) is 90.7 Å². The van der Waals surface area contributed by atoms with E-state index in [1.807, 2.05) is 19.2 Å². The first-order chi connectivity index (χ1) is 14.7. The molecular formula is C22H36ClF3N2O4. The van der Waals surface area contributed by atoms with Gasteiger partial charge in [-0.2, -0.15) is 13.2 Å². The largest absolute Gasteiger partial charge is 0.471 e. The van der Waals surface area contributed by atoms with Crippen LogP contribution in [-0.4, -0.2) is 49.0 Å². The third-order valence-corrected chi connectivity index (χ3v) is 6.20. The number of amides is 1. The highest BCUT2D eigenvalue weighted by Gasteiger charge is 2.44. The van der Waals surface area contributed by atoms with Crippen molar-refractivity contribution >= 4 is 24.3 Å². The predicted molar refractivity (Wildman–Crippen MR) is 117 cm³/mol. The van der Waals surface area contributed by atoms with Gasteiger partial charge in [-0.25, -0.2) is 4.79 Å². The van der Waals surface area contributed by atoms with E-state index in [4.69, 9.17) is 15.2 Å². The van der Waals surface area contributed by atoms with Crippen molar-refractivity contribution in [3.05, 3.63) is 11.6 Å². The Hall–Kier alpha value is -1.32. The number of halogens is 4. The van der Waals surface area contributed by atoms with Gasteiger partial charge in [-0.15, -0.1) is 12.4 Å². The first kappa shape index (κ1) is 28.7. The van der Waals surface area contributed by atoms with E-state index in [9.17, 15) is 22.8 Å². The summed E-state index contributed by atoms with van der Waals surface area (Å²) < 4.78 is 49.6. The molecule has 0 aromatic rings. The van der Waals surface area contributed by atoms with Crippen LogP contribution in [0.25, 0.3) is 0 Å². The molecule has 32 heavy (non-hydrogen) atoms. The molecule has 186 valence electrons. The minimum Gasteiger partial charge on any atom is -0.462 e. The number of nitrogens with one attached hydrogen (secondary N) is 1.